The number of unbranched alkanes of at least 4 members (excludes halogenated alkanes) is 23. The first kappa shape index (κ1) is 45.9. The van der Waals surface area contributed by atoms with E-state index in [4.69, 9.17) is 11.5 Å². The Labute approximate surface area is 294 Å². The van der Waals surface area contributed by atoms with E-state index in [1.807, 2.05) is 0 Å². The molecule has 0 bridgehead atoms. The summed E-state index contributed by atoms with van der Waals surface area (Å²) in [5, 5.41) is 9.35. The first-order chi connectivity index (χ1) is 23.1. The number of nitrogens with two attached hydrogens (primary N) is 2. The largest absolute Gasteiger partial charge is 0.479 e. The van der Waals surface area contributed by atoms with Crippen molar-refractivity contribution in [2.24, 2.45) is 17.4 Å². The standard InChI is InChI=1S/C40H75N3O5/c1-4-6-8-10-12-14-16-18-19-21-23-25-27-29-31-33-38(46)43(34-36(44)35(3)40(41,42)39(47)48)37(45)32-30-28-26-24-22-20-17-15-13-11-9-7-5-2/h18-19,35H,4-17,20-34,41-42H2,1-3H3,(H,47,48). The van der Waals surface area contributed by atoms with Crippen LogP contribution in [0.1, 0.15) is 201 Å². The zero-order chi connectivity index (χ0) is 35.9. The Bertz CT molecular complexity index is 873. The van der Waals surface area contributed by atoms with Gasteiger partial charge < -0.3 is 16.6 Å². The number of amides is 2. The first-order valence-corrected chi connectivity index (χ1v) is 19.9. The molecule has 5 N–H and O–H groups in total. The lowest BCUT2D eigenvalue weighted by Gasteiger charge is -2.28. The lowest BCUT2D eigenvalue weighted by Crippen LogP contribution is -2.64. The molecular formula is C40H75N3O5. The lowest BCUT2D eigenvalue weighted by atomic mass is 9.91. The van der Waals surface area contributed by atoms with Gasteiger partial charge in [-0.2, -0.15) is 0 Å². The van der Waals surface area contributed by atoms with Crippen LogP contribution in [0, 0.1) is 5.92 Å². The minimum absolute atomic E-state index is 0.180. The van der Waals surface area contributed by atoms with Gasteiger partial charge in [0, 0.05) is 12.8 Å². The molecule has 8 heteroatoms. The molecule has 280 valence electrons. The number of ketones is 1. The molecular weight excluding hydrogens is 602 g/mol. The molecule has 0 fully saturated rings. The van der Waals surface area contributed by atoms with Crippen molar-refractivity contribution in [3.8, 4) is 0 Å². The number of imide groups is 1. The second-order valence-corrected chi connectivity index (χ2v) is 14.1. The summed E-state index contributed by atoms with van der Waals surface area (Å²) in [6.45, 7) is 5.32. The predicted octanol–water partition coefficient (Wildman–Crippen LogP) is 9.76. The monoisotopic (exact) mass is 678 g/mol. The highest BCUT2D eigenvalue weighted by atomic mass is 16.4. The van der Waals surface area contributed by atoms with Crippen molar-refractivity contribution in [3.05, 3.63) is 12.2 Å². The maximum atomic E-state index is 13.2. The number of Topliss-reactive ketones (excluding diaryl/α,β-unsaturated/α-hetero) is 1. The number of rotatable bonds is 34. The minimum atomic E-state index is -2.27. The molecule has 0 heterocycles. The quantitative estimate of drug-likeness (QED) is 0.0349. The summed E-state index contributed by atoms with van der Waals surface area (Å²) < 4.78 is 0. The van der Waals surface area contributed by atoms with E-state index in [1.54, 1.807) is 0 Å². The lowest BCUT2D eigenvalue weighted by molar-refractivity contribution is -0.151. The van der Waals surface area contributed by atoms with E-state index in [1.165, 1.54) is 103 Å². The fourth-order valence-electron chi connectivity index (χ4n) is 5.97. The molecule has 0 aromatic rings. The molecule has 0 spiro atoms. The number of carboxylic acid groups (broad SMARTS) is 1. The Kier molecular flexibility index (Phi) is 29.6. The van der Waals surface area contributed by atoms with Gasteiger partial charge in [-0.15, -0.1) is 0 Å². The van der Waals surface area contributed by atoms with Gasteiger partial charge in [-0.1, -0.05) is 161 Å². The van der Waals surface area contributed by atoms with Crippen LogP contribution in [0.3, 0.4) is 0 Å². The first-order valence-electron chi connectivity index (χ1n) is 19.9. The zero-order valence-corrected chi connectivity index (χ0v) is 31.4. The van der Waals surface area contributed by atoms with Gasteiger partial charge in [0.25, 0.3) is 0 Å². The summed E-state index contributed by atoms with van der Waals surface area (Å²) in [6.07, 6.45) is 35.4. The van der Waals surface area contributed by atoms with Crippen LogP contribution in [0.4, 0.5) is 0 Å². The number of hydrogen-bond acceptors (Lipinski definition) is 6. The normalized spacial score (nSPS) is 12.4. The van der Waals surface area contributed by atoms with Crippen molar-refractivity contribution >= 4 is 23.6 Å². The third kappa shape index (κ3) is 24.1. The number of nitrogens with zero attached hydrogens (tertiary/aromatic N) is 1. The van der Waals surface area contributed by atoms with E-state index >= 15 is 0 Å². The fraction of sp³-hybridized carbons (Fsp3) is 0.850. The molecule has 0 aromatic carbocycles. The van der Waals surface area contributed by atoms with E-state index < -0.39 is 29.9 Å². The Morgan fingerprint density at radius 3 is 1.21 bits per heavy atom. The van der Waals surface area contributed by atoms with Crippen LogP contribution in [0.15, 0.2) is 12.2 Å². The average Bonchev–Trinajstić information content (AvgIpc) is 3.06. The van der Waals surface area contributed by atoms with Gasteiger partial charge in [0.15, 0.2) is 11.4 Å². The molecule has 0 aliphatic rings. The SMILES string of the molecule is CCCCCCCCC=CCCCCCCCC(=O)N(CC(=O)C(C)C(N)(N)C(=O)O)C(=O)CCCCCCCCCCCCCCC. The molecule has 1 unspecified atom stereocenters. The number of carboxylic acids is 1. The molecule has 0 saturated heterocycles. The van der Waals surface area contributed by atoms with E-state index in [-0.39, 0.29) is 24.7 Å². The maximum absolute atomic E-state index is 13.2. The van der Waals surface area contributed by atoms with Gasteiger partial charge in [0.2, 0.25) is 11.8 Å². The third-order valence-corrected chi connectivity index (χ3v) is 9.63. The van der Waals surface area contributed by atoms with E-state index in [9.17, 15) is 24.3 Å². The number of carbonyl (C=O) groups excluding carboxylic acids is 3. The maximum Gasteiger partial charge on any atom is 0.339 e. The summed E-state index contributed by atoms with van der Waals surface area (Å²) in [5.74, 6) is -4.16. The minimum Gasteiger partial charge on any atom is -0.479 e. The van der Waals surface area contributed by atoms with Crippen molar-refractivity contribution in [3.63, 3.8) is 0 Å². The Balaban J connectivity index is 4.52. The molecule has 1 atom stereocenters. The molecule has 48 heavy (non-hydrogen) atoms. The van der Waals surface area contributed by atoms with Gasteiger partial charge in [-0.3, -0.25) is 19.3 Å². The summed E-state index contributed by atoms with van der Waals surface area (Å²) in [5.41, 5.74) is 9.10. The average molecular weight is 678 g/mol. The highest BCUT2D eigenvalue weighted by molar-refractivity contribution is 6.01. The summed E-state index contributed by atoms with van der Waals surface area (Å²) in [6, 6.07) is 0. The zero-order valence-electron chi connectivity index (χ0n) is 31.4. The van der Waals surface area contributed by atoms with Gasteiger partial charge in [-0.25, -0.2) is 4.79 Å². The molecule has 2 amide bonds. The smallest absolute Gasteiger partial charge is 0.339 e. The molecule has 0 rings (SSSR count). The van der Waals surface area contributed by atoms with Gasteiger partial charge in [0.1, 0.15) is 0 Å². The van der Waals surface area contributed by atoms with Crippen molar-refractivity contribution in [1.29, 1.82) is 0 Å². The Morgan fingerprint density at radius 2 is 0.875 bits per heavy atom. The van der Waals surface area contributed by atoms with Crippen molar-refractivity contribution in [2.45, 2.75) is 206 Å². The second-order valence-electron chi connectivity index (χ2n) is 14.1. The molecule has 0 aliphatic heterocycles. The van der Waals surface area contributed by atoms with Crippen LogP contribution >= 0.6 is 0 Å². The Morgan fingerprint density at radius 1 is 0.562 bits per heavy atom. The van der Waals surface area contributed by atoms with Crippen LogP contribution in [0.5, 0.6) is 0 Å². The number of hydrogen-bond donors (Lipinski definition) is 3. The fourth-order valence-corrected chi connectivity index (χ4v) is 5.97. The molecule has 0 radical (unpaired) electrons. The van der Waals surface area contributed by atoms with E-state index in [2.05, 4.69) is 26.0 Å². The molecule has 0 aliphatic carbocycles. The molecule has 8 nitrogen and oxygen atoms in total. The second kappa shape index (κ2) is 31.0. The topological polar surface area (TPSA) is 144 Å². The van der Waals surface area contributed by atoms with Gasteiger partial charge in [-0.05, 0) is 38.5 Å². The van der Waals surface area contributed by atoms with Crippen LogP contribution in [0.2, 0.25) is 0 Å². The summed E-state index contributed by atoms with van der Waals surface area (Å²) in [4.78, 5) is 51.8. The van der Waals surface area contributed by atoms with Crippen molar-refractivity contribution in [2.75, 3.05) is 6.54 Å². The van der Waals surface area contributed by atoms with Crippen LogP contribution in [0.25, 0.3) is 0 Å². The highest BCUT2D eigenvalue weighted by Gasteiger charge is 2.41. The number of allylic oxidation sites excluding steroid dienone is 2. The predicted molar refractivity (Wildman–Crippen MR) is 199 cm³/mol. The van der Waals surface area contributed by atoms with Gasteiger partial charge >= 0.3 is 5.97 Å². The van der Waals surface area contributed by atoms with Gasteiger partial charge in [0.05, 0.1) is 12.5 Å². The van der Waals surface area contributed by atoms with Crippen LogP contribution < -0.4 is 11.5 Å². The van der Waals surface area contributed by atoms with Crippen LogP contribution in [-0.2, 0) is 19.2 Å². The summed E-state index contributed by atoms with van der Waals surface area (Å²) in [7, 11) is 0. The molecule has 0 aromatic heterocycles. The highest BCUT2D eigenvalue weighted by Crippen LogP contribution is 2.17. The van der Waals surface area contributed by atoms with Crippen molar-refractivity contribution in [1.82, 2.24) is 4.90 Å². The number of carbonyl (C=O) groups is 4. The summed E-state index contributed by atoms with van der Waals surface area (Å²) >= 11 is 0. The van der Waals surface area contributed by atoms with E-state index in [0.29, 0.717) is 12.8 Å². The van der Waals surface area contributed by atoms with Crippen molar-refractivity contribution < 1.29 is 24.3 Å². The van der Waals surface area contributed by atoms with Crippen LogP contribution in [-0.4, -0.2) is 45.8 Å². The van der Waals surface area contributed by atoms with E-state index in [0.717, 1.165) is 62.7 Å². The third-order valence-electron chi connectivity index (χ3n) is 9.63. The number of aliphatic carboxylic acids is 1. The Hall–Kier alpha value is -2.06. The molecule has 0 saturated carbocycles.